The van der Waals surface area contributed by atoms with E-state index in [-0.39, 0.29) is 5.91 Å². The minimum absolute atomic E-state index is 0.0612. The summed E-state index contributed by atoms with van der Waals surface area (Å²) >= 11 is 1.62. The van der Waals surface area contributed by atoms with Crippen molar-refractivity contribution in [3.05, 3.63) is 77.3 Å². The van der Waals surface area contributed by atoms with Crippen LogP contribution in [-0.2, 0) is 6.54 Å². The van der Waals surface area contributed by atoms with Crippen molar-refractivity contribution in [2.75, 3.05) is 0 Å². The average molecular weight is 444 g/mol. The fraction of sp³-hybridized carbons (Fsp3) is 0.280. The van der Waals surface area contributed by atoms with Gasteiger partial charge in [-0.15, -0.1) is 11.3 Å². The van der Waals surface area contributed by atoms with Gasteiger partial charge in [-0.25, -0.2) is 4.98 Å². The predicted molar refractivity (Wildman–Crippen MR) is 126 cm³/mol. The monoisotopic (exact) mass is 443 g/mol. The van der Waals surface area contributed by atoms with Crippen LogP contribution in [0.2, 0.25) is 0 Å². The third-order valence-electron chi connectivity index (χ3n) is 6.10. The molecule has 0 aromatic carbocycles. The first-order valence-corrected chi connectivity index (χ1v) is 11.8. The van der Waals surface area contributed by atoms with Crippen molar-refractivity contribution in [1.82, 2.24) is 24.8 Å². The number of amides is 1. The summed E-state index contributed by atoms with van der Waals surface area (Å²) in [6.45, 7) is 2.51. The Bertz CT molecular complexity index is 1210. The number of aromatic nitrogens is 4. The summed E-state index contributed by atoms with van der Waals surface area (Å²) in [5.41, 5.74) is 5.71. The van der Waals surface area contributed by atoms with Gasteiger partial charge in [0.1, 0.15) is 5.01 Å². The Kier molecular flexibility index (Phi) is 5.81. The molecule has 6 nitrogen and oxygen atoms in total. The molecule has 1 fully saturated rings. The molecule has 4 aromatic heterocycles. The molecular formula is C25H25N5OS. The molecule has 1 N–H and O–H groups in total. The van der Waals surface area contributed by atoms with E-state index in [2.05, 4.69) is 32.2 Å². The van der Waals surface area contributed by atoms with E-state index in [9.17, 15) is 4.79 Å². The molecule has 0 spiro atoms. The van der Waals surface area contributed by atoms with Crippen LogP contribution >= 0.6 is 11.3 Å². The molecule has 0 aliphatic heterocycles. The van der Waals surface area contributed by atoms with Gasteiger partial charge in [-0.05, 0) is 49.6 Å². The molecule has 7 heteroatoms. The minimum atomic E-state index is -0.0612. The van der Waals surface area contributed by atoms with Crippen LogP contribution in [0.5, 0.6) is 0 Å². The molecule has 4 aromatic rings. The number of pyridine rings is 2. The van der Waals surface area contributed by atoms with Crippen molar-refractivity contribution in [1.29, 1.82) is 0 Å². The summed E-state index contributed by atoms with van der Waals surface area (Å²) in [6, 6.07) is 10.2. The fourth-order valence-corrected chi connectivity index (χ4v) is 5.30. The molecule has 1 aliphatic rings. The lowest BCUT2D eigenvalue weighted by molar-refractivity contribution is 0.0950. The maximum absolute atomic E-state index is 13.1. The van der Waals surface area contributed by atoms with Crippen molar-refractivity contribution in [2.45, 2.75) is 45.2 Å². The van der Waals surface area contributed by atoms with E-state index in [1.54, 1.807) is 36.1 Å². The molecule has 0 saturated heterocycles. The number of rotatable bonds is 6. The van der Waals surface area contributed by atoms with Gasteiger partial charge in [0.25, 0.3) is 5.91 Å². The normalized spacial score (nSPS) is 14.0. The molecule has 0 bridgehead atoms. The highest BCUT2D eigenvalue weighted by Crippen LogP contribution is 2.38. The van der Waals surface area contributed by atoms with Crippen LogP contribution in [0.3, 0.4) is 0 Å². The number of nitrogens with one attached hydrogen (secondary N) is 1. The van der Waals surface area contributed by atoms with E-state index in [0.29, 0.717) is 18.2 Å². The third-order valence-corrected chi connectivity index (χ3v) is 6.99. The second kappa shape index (κ2) is 9.04. The van der Waals surface area contributed by atoms with Gasteiger partial charge >= 0.3 is 0 Å². The molecule has 4 heterocycles. The summed E-state index contributed by atoms with van der Waals surface area (Å²) in [5.74, 6) is -0.0612. The summed E-state index contributed by atoms with van der Waals surface area (Å²) < 4.78 is 2.34. The van der Waals surface area contributed by atoms with Gasteiger partial charge in [-0.3, -0.25) is 14.8 Å². The van der Waals surface area contributed by atoms with Crippen LogP contribution in [0.1, 0.15) is 53.3 Å². The first-order chi connectivity index (χ1) is 15.7. The number of hydrogen-bond acceptors (Lipinski definition) is 5. The molecule has 5 rings (SSSR count). The Labute approximate surface area is 191 Å². The zero-order valence-electron chi connectivity index (χ0n) is 18.0. The summed E-state index contributed by atoms with van der Waals surface area (Å²) in [7, 11) is 0. The first kappa shape index (κ1) is 20.6. The lowest BCUT2D eigenvalue weighted by atomic mass is 10.2. The zero-order chi connectivity index (χ0) is 21.9. The van der Waals surface area contributed by atoms with E-state index >= 15 is 0 Å². The second-order valence-electron chi connectivity index (χ2n) is 8.15. The Morgan fingerprint density at radius 3 is 2.72 bits per heavy atom. The Morgan fingerprint density at radius 2 is 1.97 bits per heavy atom. The quantitative estimate of drug-likeness (QED) is 0.432. The second-order valence-corrected chi connectivity index (χ2v) is 9.01. The minimum Gasteiger partial charge on any atom is -0.348 e. The topological polar surface area (TPSA) is 72.7 Å². The summed E-state index contributed by atoms with van der Waals surface area (Å²) in [5, 5.41) is 6.10. The predicted octanol–water partition coefficient (Wildman–Crippen LogP) is 5.42. The lowest BCUT2D eigenvalue weighted by Crippen LogP contribution is -2.23. The highest BCUT2D eigenvalue weighted by molar-refractivity contribution is 7.13. The van der Waals surface area contributed by atoms with Gasteiger partial charge in [0.05, 0.1) is 17.0 Å². The molecule has 32 heavy (non-hydrogen) atoms. The van der Waals surface area contributed by atoms with Gasteiger partial charge in [-0.1, -0.05) is 18.9 Å². The van der Waals surface area contributed by atoms with Gasteiger partial charge in [0.15, 0.2) is 0 Å². The van der Waals surface area contributed by atoms with Crippen LogP contribution in [0.4, 0.5) is 0 Å². The van der Waals surface area contributed by atoms with Crippen molar-refractivity contribution in [3.63, 3.8) is 0 Å². The molecule has 0 atom stereocenters. The highest BCUT2D eigenvalue weighted by Gasteiger charge is 2.26. The van der Waals surface area contributed by atoms with E-state index in [1.165, 1.54) is 12.8 Å². The number of carbonyl (C=O) groups is 1. The lowest BCUT2D eigenvalue weighted by Gasteiger charge is -2.18. The number of nitrogens with zero attached hydrogens (tertiary/aromatic N) is 4. The SMILES string of the molecule is Cc1c(C(=O)NCc2cccnc2)cc(-c2csc(-c3ccncc3)n2)n1C1CCCC1. The molecule has 1 aliphatic carbocycles. The largest absolute Gasteiger partial charge is 0.348 e. The van der Waals surface area contributed by atoms with Crippen molar-refractivity contribution in [2.24, 2.45) is 0 Å². The van der Waals surface area contributed by atoms with Gasteiger partial charge in [0.2, 0.25) is 0 Å². The maximum Gasteiger partial charge on any atom is 0.253 e. The molecule has 162 valence electrons. The Hall–Kier alpha value is -3.32. The van der Waals surface area contributed by atoms with E-state index < -0.39 is 0 Å². The van der Waals surface area contributed by atoms with Crippen molar-refractivity contribution in [3.8, 4) is 22.0 Å². The van der Waals surface area contributed by atoms with Crippen LogP contribution in [0, 0.1) is 6.92 Å². The molecule has 1 amide bonds. The van der Waals surface area contributed by atoms with Crippen LogP contribution < -0.4 is 5.32 Å². The molecule has 0 radical (unpaired) electrons. The number of hydrogen-bond donors (Lipinski definition) is 1. The highest BCUT2D eigenvalue weighted by atomic mass is 32.1. The van der Waals surface area contributed by atoms with Gasteiger partial charge in [-0.2, -0.15) is 0 Å². The number of thiazole rings is 1. The standard InChI is InChI=1S/C25H25N5OS/c1-17-21(24(31)28-15-18-5-4-10-27-14-18)13-23(30(17)20-6-2-3-7-20)22-16-32-25(29-22)19-8-11-26-12-9-19/h4-5,8-14,16,20H,2-3,6-7,15H2,1H3,(H,28,31). The zero-order valence-corrected chi connectivity index (χ0v) is 18.8. The van der Waals surface area contributed by atoms with Crippen LogP contribution in [-0.4, -0.2) is 25.4 Å². The third kappa shape index (κ3) is 4.08. The van der Waals surface area contributed by atoms with E-state index in [1.807, 2.05) is 30.3 Å². The van der Waals surface area contributed by atoms with Gasteiger partial charge < -0.3 is 9.88 Å². The fourth-order valence-electron chi connectivity index (χ4n) is 4.48. The molecule has 1 saturated carbocycles. The van der Waals surface area contributed by atoms with Crippen molar-refractivity contribution >= 4 is 17.2 Å². The van der Waals surface area contributed by atoms with Crippen LogP contribution in [0.25, 0.3) is 22.0 Å². The molecular weight excluding hydrogens is 418 g/mol. The molecule has 0 unspecified atom stereocenters. The summed E-state index contributed by atoms with van der Waals surface area (Å²) in [6.07, 6.45) is 11.8. The van der Waals surface area contributed by atoms with E-state index in [4.69, 9.17) is 4.98 Å². The van der Waals surface area contributed by atoms with E-state index in [0.717, 1.165) is 46.1 Å². The maximum atomic E-state index is 13.1. The summed E-state index contributed by atoms with van der Waals surface area (Å²) in [4.78, 5) is 26.3. The first-order valence-electron chi connectivity index (χ1n) is 11.0. The average Bonchev–Trinajstić information content (AvgIpc) is 3.59. The Morgan fingerprint density at radius 1 is 1.16 bits per heavy atom. The smallest absolute Gasteiger partial charge is 0.253 e. The Balaban J connectivity index is 1.48. The van der Waals surface area contributed by atoms with Crippen LogP contribution in [0.15, 0.2) is 60.5 Å². The van der Waals surface area contributed by atoms with Crippen molar-refractivity contribution < 1.29 is 4.79 Å². The van der Waals surface area contributed by atoms with Gasteiger partial charge in [0, 0.05) is 54.0 Å². The number of carbonyl (C=O) groups excluding carboxylic acids is 1.